The van der Waals surface area contributed by atoms with Gasteiger partial charge in [-0.15, -0.1) is 0 Å². The van der Waals surface area contributed by atoms with Crippen LogP contribution in [0.15, 0.2) is 0 Å². The number of ether oxygens (including phenoxy) is 1. The third kappa shape index (κ3) is 2.48. The maximum atomic E-state index is 5.88. The van der Waals surface area contributed by atoms with E-state index in [4.69, 9.17) is 4.74 Å². The van der Waals surface area contributed by atoms with Crippen LogP contribution in [0, 0.1) is 5.41 Å². The second kappa shape index (κ2) is 4.19. The largest absolute Gasteiger partial charge is 0.361 e. The summed E-state index contributed by atoms with van der Waals surface area (Å²) in [6.07, 6.45) is 3.23. The Morgan fingerprint density at radius 3 is 2.29 bits per heavy atom. The summed E-state index contributed by atoms with van der Waals surface area (Å²) in [6, 6.07) is 0.580. The number of hydrogen-bond donors (Lipinski definition) is 1. The highest BCUT2D eigenvalue weighted by Crippen LogP contribution is 2.30. The molecule has 0 aliphatic carbocycles. The summed E-state index contributed by atoms with van der Waals surface area (Å²) >= 11 is 0. The van der Waals surface area contributed by atoms with Gasteiger partial charge in [0.05, 0.1) is 6.61 Å². The van der Waals surface area contributed by atoms with Gasteiger partial charge >= 0.3 is 0 Å². The summed E-state index contributed by atoms with van der Waals surface area (Å²) < 4.78 is 5.88. The van der Waals surface area contributed by atoms with Crippen LogP contribution in [0.1, 0.15) is 53.9 Å². The van der Waals surface area contributed by atoms with Gasteiger partial charge in [0.2, 0.25) is 0 Å². The number of rotatable bonds is 2. The van der Waals surface area contributed by atoms with Crippen LogP contribution in [-0.4, -0.2) is 18.4 Å². The highest BCUT2D eigenvalue weighted by Gasteiger charge is 2.37. The van der Waals surface area contributed by atoms with E-state index < -0.39 is 0 Å². The van der Waals surface area contributed by atoms with E-state index in [1.807, 2.05) is 0 Å². The molecule has 0 amide bonds. The maximum Gasteiger partial charge on any atom is 0.118 e. The lowest BCUT2D eigenvalue weighted by atomic mass is 9.82. The molecule has 1 rings (SSSR count). The summed E-state index contributed by atoms with van der Waals surface area (Å²) in [5, 5.41) is 3.68. The summed E-state index contributed by atoms with van der Waals surface area (Å²) in [4.78, 5) is 0. The zero-order chi connectivity index (χ0) is 10.8. The Morgan fingerprint density at radius 1 is 1.29 bits per heavy atom. The van der Waals surface area contributed by atoms with E-state index in [0.29, 0.717) is 11.5 Å². The van der Waals surface area contributed by atoms with Crippen molar-refractivity contribution in [3.05, 3.63) is 0 Å². The summed E-state index contributed by atoms with van der Waals surface area (Å²) in [6.45, 7) is 12.2. The minimum absolute atomic E-state index is 0.0593. The predicted molar refractivity (Wildman–Crippen MR) is 60.3 cm³/mol. The summed E-state index contributed by atoms with van der Waals surface area (Å²) in [5.74, 6) is 0. The van der Waals surface area contributed by atoms with Crippen LogP contribution in [0.2, 0.25) is 0 Å². The smallest absolute Gasteiger partial charge is 0.118 e. The van der Waals surface area contributed by atoms with Crippen molar-refractivity contribution in [2.45, 2.75) is 65.6 Å². The van der Waals surface area contributed by atoms with Gasteiger partial charge in [0, 0.05) is 6.04 Å². The average molecular weight is 199 g/mol. The van der Waals surface area contributed by atoms with Gasteiger partial charge in [-0.05, 0) is 24.7 Å². The monoisotopic (exact) mass is 199 g/mol. The number of hydrogen-bond acceptors (Lipinski definition) is 2. The highest BCUT2D eigenvalue weighted by molar-refractivity contribution is 4.90. The predicted octanol–water partition coefficient (Wildman–Crippen LogP) is 2.93. The van der Waals surface area contributed by atoms with Crippen molar-refractivity contribution >= 4 is 0 Å². The van der Waals surface area contributed by atoms with E-state index in [0.717, 1.165) is 25.9 Å². The Labute approximate surface area is 88.4 Å². The molecular formula is C12H25NO. The van der Waals surface area contributed by atoms with E-state index in [-0.39, 0.29) is 5.72 Å². The fourth-order valence-electron chi connectivity index (χ4n) is 2.11. The van der Waals surface area contributed by atoms with Crippen LogP contribution in [0.25, 0.3) is 0 Å². The molecule has 0 spiro atoms. The van der Waals surface area contributed by atoms with Crippen molar-refractivity contribution in [2.75, 3.05) is 6.61 Å². The summed E-state index contributed by atoms with van der Waals surface area (Å²) in [7, 11) is 0. The molecule has 0 aromatic heterocycles. The number of nitrogens with one attached hydrogen (secondary N) is 1. The Balaban J connectivity index is 2.68. The SMILES string of the molecule is CCC1(CC)NC(C(C)(C)C)CCO1. The van der Waals surface area contributed by atoms with Crippen molar-refractivity contribution in [2.24, 2.45) is 5.41 Å². The van der Waals surface area contributed by atoms with Gasteiger partial charge in [-0.2, -0.15) is 0 Å². The van der Waals surface area contributed by atoms with Crippen LogP contribution < -0.4 is 5.32 Å². The molecule has 0 saturated carbocycles. The Kier molecular flexibility index (Phi) is 3.59. The van der Waals surface area contributed by atoms with Crippen LogP contribution in [-0.2, 0) is 4.74 Å². The minimum atomic E-state index is -0.0593. The molecule has 84 valence electrons. The highest BCUT2D eigenvalue weighted by atomic mass is 16.5. The zero-order valence-electron chi connectivity index (χ0n) is 10.3. The molecule has 0 aromatic rings. The molecular weight excluding hydrogens is 174 g/mol. The summed E-state index contributed by atoms with van der Waals surface area (Å²) in [5.41, 5.74) is 0.273. The van der Waals surface area contributed by atoms with Crippen LogP contribution in [0.3, 0.4) is 0 Å². The van der Waals surface area contributed by atoms with Gasteiger partial charge in [0.25, 0.3) is 0 Å². The first-order valence-corrected chi connectivity index (χ1v) is 5.85. The molecule has 1 saturated heterocycles. The molecule has 1 aliphatic heterocycles. The van der Waals surface area contributed by atoms with Gasteiger partial charge in [-0.25, -0.2) is 0 Å². The van der Waals surface area contributed by atoms with Gasteiger partial charge in [0.15, 0.2) is 0 Å². The molecule has 1 fully saturated rings. The average Bonchev–Trinajstić information content (AvgIpc) is 2.16. The van der Waals surface area contributed by atoms with Crippen molar-refractivity contribution < 1.29 is 4.74 Å². The fourth-order valence-corrected chi connectivity index (χ4v) is 2.11. The first kappa shape index (κ1) is 12.0. The Morgan fingerprint density at radius 2 is 1.86 bits per heavy atom. The normalized spacial score (nSPS) is 27.6. The Hall–Kier alpha value is -0.0800. The lowest BCUT2D eigenvalue weighted by Crippen LogP contribution is -2.59. The van der Waals surface area contributed by atoms with Crippen LogP contribution >= 0.6 is 0 Å². The van der Waals surface area contributed by atoms with E-state index >= 15 is 0 Å². The lowest BCUT2D eigenvalue weighted by Gasteiger charge is -2.46. The molecule has 0 bridgehead atoms. The third-order valence-corrected chi connectivity index (χ3v) is 3.41. The van der Waals surface area contributed by atoms with Crippen LogP contribution in [0.4, 0.5) is 0 Å². The molecule has 0 aromatic carbocycles. The Bertz CT molecular complexity index is 179. The maximum absolute atomic E-state index is 5.88. The molecule has 2 nitrogen and oxygen atoms in total. The van der Waals surface area contributed by atoms with Crippen LogP contribution in [0.5, 0.6) is 0 Å². The van der Waals surface area contributed by atoms with E-state index in [1.54, 1.807) is 0 Å². The fraction of sp³-hybridized carbons (Fsp3) is 1.00. The van der Waals surface area contributed by atoms with Gasteiger partial charge in [0.1, 0.15) is 5.72 Å². The zero-order valence-corrected chi connectivity index (χ0v) is 10.3. The van der Waals surface area contributed by atoms with Crippen molar-refractivity contribution in [3.63, 3.8) is 0 Å². The van der Waals surface area contributed by atoms with E-state index in [1.165, 1.54) is 0 Å². The lowest BCUT2D eigenvalue weighted by molar-refractivity contribution is -0.127. The molecule has 2 heteroatoms. The molecule has 14 heavy (non-hydrogen) atoms. The topological polar surface area (TPSA) is 21.3 Å². The van der Waals surface area contributed by atoms with Crippen molar-refractivity contribution in [1.82, 2.24) is 5.32 Å². The molecule has 1 heterocycles. The molecule has 1 aliphatic rings. The third-order valence-electron chi connectivity index (χ3n) is 3.41. The molecule has 1 unspecified atom stereocenters. The second-order valence-corrected chi connectivity index (χ2v) is 5.40. The quantitative estimate of drug-likeness (QED) is 0.738. The molecule has 0 radical (unpaired) electrons. The van der Waals surface area contributed by atoms with Crippen molar-refractivity contribution in [1.29, 1.82) is 0 Å². The van der Waals surface area contributed by atoms with Crippen molar-refractivity contribution in [3.8, 4) is 0 Å². The standard InChI is InChI=1S/C12H25NO/c1-6-12(7-2)13-10(8-9-14-12)11(3,4)5/h10,13H,6-9H2,1-5H3. The first-order chi connectivity index (χ1) is 6.43. The molecule has 1 N–H and O–H groups in total. The van der Waals surface area contributed by atoms with E-state index in [2.05, 4.69) is 39.9 Å². The first-order valence-electron chi connectivity index (χ1n) is 5.85. The minimum Gasteiger partial charge on any atom is -0.361 e. The van der Waals surface area contributed by atoms with Gasteiger partial charge < -0.3 is 4.74 Å². The molecule has 1 atom stereocenters. The van der Waals surface area contributed by atoms with Gasteiger partial charge in [-0.3, -0.25) is 5.32 Å². The second-order valence-electron chi connectivity index (χ2n) is 5.40. The van der Waals surface area contributed by atoms with E-state index in [9.17, 15) is 0 Å². The van der Waals surface area contributed by atoms with Gasteiger partial charge in [-0.1, -0.05) is 34.6 Å².